The zero-order valence-corrected chi connectivity index (χ0v) is 17.9. The molecule has 2 aromatic carbocycles. The van der Waals surface area contributed by atoms with E-state index in [4.69, 9.17) is 4.74 Å². The quantitative estimate of drug-likeness (QED) is 0.425. The van der Waals surface area contributed by atoms with Crippen LogP contribution < -0.4 is 10.1 Å². The van der Waals surface area contributed by atoms with Crippen LogP contribution in [0.5, 0.6) is 11.5 Å². The van der Waals surface area contributed by atoms with Crippen molar-refractivity contribution in [3.8, 4) is 11.5 Å². The smallest absolute Gasteiger partial charge is 0.309 e. The molecule has 3 rings (SSSR count). The first-order chi connectivity index (χ1) is 15.0. The van der Waals surface area contributed by atoms with E-state index in [-0.39, 0.29) is 35.1 Å². The molecule has 0 spiro atoms. The Bertz CT molecular complexity index is 1230. The first kappa shape index (κ1) is 22.4. The Morgan fingerprint density at radius 3 is 2.41 bits per heavy atom. The molecule has 0 saturated carbocycles. The second-order valence-electron chi connectivity index (χ2n) is 7.36. The largest absolute Gasteiger partial charge is 0.457 e. The molecule has 11 heteroatoms. The van der Waals surface area contributed by atoms with Gasteiger partial charge in [-0.25, -0.2) is 0 Å². The number of anilines is 1. The van der Waals surface area contributed by atoms with E-state index in [2.05, 4.69) is 10.4 Å². The Kier molecular flexibility index (Phi) is 6.19. The highest BCUT2D eigenvalue weighted by Crippen LogP contribution is 2.33. The number of nitrogens with zero attached hydrogens (tertiary/aromatic N) is 4. The summed E-state index contributed by atoms with van der Waals surface area (Å²) in [5.41, 5.74) is 2.80. The zero-order valence-electron chi connectivity index (χ0n) is 17.9. The number of carbonyl (C=O) groups excluding carboxylic acids is 1. The minimum absolute atomic E-state index is 0.153. The van der Waals surface area contributed by atoms with Crippen LogP contribution in [0.4, 0.5) is 17.1 Å². The third-order valence-electron chi connectivity index (χ3n) is 4.95. The average Bonchev–Trinajstić information content (AvgIpc) is 3.05. The maximum atomic E-state index is 12.5. The lowest BCUT2D eigenvalue weighted by molar-refractivity contribution is -0.385. The van der Waals surface area contributed by atoms with Gasteiger partial charge in [0.1, 0.15) is 29.9 Å². The fourth-order valence-electron chi connectivity index (χ4n) is 3.17. The standard InChI is InChI=1S/C21H21N5O6/c1-12-5-13(2)14(3)20(6-12)32-18-8-16(7-17(9-18)25(28)29)23-21(27)11-24-15(4)19(10-22-24)26(30)31/h5-10H,11H2,1-4H3,(H,23,27). The van der Waals surface area contributed by atoms with Crippen LogP contribution in [0.1, 0.15) is 22.4 Å². The van der Waals surface area contributed by atoms with Crippen LogP contribution in [0.2, 0.25) is 0 Å². The van der Waals surface area contributed by atoms with Crippen LogP contribution in [-0.4, -0.2) is 25.5 Å². The Morgan fingerprint density at radius 2 is 1.78 bits per heavy atom. The summed E-state index contributed by atoms with van der Waals surface area (Å²) in [6.45, 7) is 6.92. The molecule has 0 aliphatic rings. The van der Waals surface area contributed by atoms with Gasteiger partial charge < -0.3 is 10.1 Å². The lowest BCUT2D eigenvalue weighted by atomic mass is 10.1. The van der Waals surface area contributed by atoms with E-state index in [0.717, 1.165) is 22.9 Å². The molecule has 3 aromatic rings. The monoisotopic (exact) mass is 439 g/mol. The number of hydrogen-bond donors (Lipinski definition) is 1. The van der Waals surface area contributed by atoms with Gasteiger partial charge in [0.2, 0.25) is 5.91 Å². The van der Waals surface area contributed by atoms with Crippen LogP contribution in [0.25, 0.3) is 0 Å². The Morgan fingerprint density at radius 1 is 1.06 bits per heavy atom. The summed E-state index contributed by atoms with van der Waals surface area (Å²) < 4.78 is 7.08. The highest BCUT2D eigenvalue weighted by atomic mass is 16.6. The summed E-state index contributed by atoms with van der Waals surface area (Å²) >= 11 is 0. The molecule has 1 N–H and O–H groups in total. The third-order valence-corrected chi connectivity index (χ3v) is 4.95. The average molecular weight is 439 g/mol. The van der Waals surface area contributed by atoms with Gasteiger partial charge in [-0.2, -0.15) is 5.10 Å². The van der Waals surface area contributed by atoms with E-state index >= 15 is 0 Å². The molecular formula is C21H21N5O6. The van der Waals surface area contributed by atoms with E-state index < -0.39 is 15.8 Å². The summed E-state index contributed by atoms with van der Waals surface area (Å²) in [6, 6.07) is 7.78. The van der Waals surface area contributed by atoms with Crippen molar-refractivity contribution < 1.29 is 19.4 Å². The summed E-state index contributed by atoms with van der Waals surface area (Å²) in [5, 5.41) is 28.7. The van der Waals surface area contributed by atoms with Crippen LogP contribution in [0.3, 0.4) is 0 Å². The molecule has 0 bridgehead atoms. The minimum Gasteiger partial charge on any atom is -0.457 e. The summed E-state index contributed by atoms with van der Waals surface area (Å²) in [6.07, 6.45) is 1.06. The van der Waals surface area contributed by atoms with Gasteiger partial charge in [0.15, 0.2) is 0 Å². The molecule has 0 aliphatic carbocycles. The van der Waals surface area contributed by atoms with Crippen molar-refractivity contribution in [2.45, 2.75) is 34.2 Å². The number of nitro groups is 2. The molecule has 0 radical (unpaired) electrons. The number of hydrogen-bond acceptors (Lipinski definition) is 7. The van der Waals surface area contributed by atoms with Crippen molar-refractivity contribution in [3.63, 3.8) is 0 Å². The van der Waals surface area contributed by atoms with Gasteiger partial charge in [0, 0.05) is 12.1 Å². The highest BCUT2D eigenvalue weighted by Gasteiger charge is 2.19. The van der Waals surface area contributed by atoms with Crippen molar-refractivity contribution >= 4 is 23.0 Å². The molecule has 0 aliphatic heterocycles. The molecule has 1 amide bonds. The Hall–Kier alpha value is -4.28. The van der Waals surface area contributed by atoms with E-state index in [1.807, 2.05) is 32.9 Å². The van der Waals surface area contributed by atoms with Gasteiger partial charge in [-0.05, 0) is 50.5 Å². The number of non-ortho nitro benzene ring substituents is 1. The third kappa shape index (κ3) is 4.89. The number of aromatic nitrogens is 2. The molecule has 0 fully saturated rings. The normalized spacial score (nSPS) is 10.6. The van der Waals surface area contributed by atoms with E-state index in [1.165, 1.54) is 29.8 Å². The summed E-state index contributed by atoms with van der Waals surface area (Å²) in [5.74, 6) is 0.188. The SMILES string of the molecule is Cc1cc(C)c(C)c(Oc2cc(NC(=O)Cn3ncc([N+](=O)[O-])c3C)cc([N+](=O)[O-])c2)c1. The molecule has 166 valence electrons. The minimum atomic E-state index is -0.587. The van der Waals surface area contributed by atoms with E-state index in [9.17, 15) is 25.0 Å². The second kappa shape index (κ2) is 8.84. The molecule has 0 unspecified atom stereocenters. The fourth-order valence-corrected chi connectivity index (χ4v) is 3.17. The number of aryl methyl sites for hydroxylation is 2. The maximum Gasteiger partial charge on any atom is 0.309 e. The molecule has 0 atom stereocenters. The van der Waals surface area contributed by atoms with Gasteiger partial charge in [-0.1, -0.05) is 6.07 Å². The van der Waals surface area contributed by atoms with Gasteiger partial charge in [0.05, 0.1) is 21.6 Å². The van der Waals surface area contributed by atoms with Crippen LogP contribution in [0, 0.1) is 47.9 Å². The maximum absolute atomic E-state index is 12.5. The van der Waals surface area contributed by atoms with E-state index in [0.29, 0.717) is 5.75 Å². The second-order valence-corrected chi connectivity index (χ2v) is 7.36. The number of ether oxygens (including phenoxy) is 1. The van der Waals surface area contributed by atoms with Gasteiger partial charge in [-0.3, -0.25) is 29.7 Å². The van der Waals surface area contributed by atoms with Crippen molar-refractivity contribution in [2.24, 2.45) is 0 Å². The number of rotatable bonds is 7. The number of amides is 1. The lowest BCUT2D eigenvalue weighted by Gasteiger charge is -2.13. The van der Waals surface area contributed by atoms with Gasteiger partial charge >= 0.3 is 5.69 Å². The Labute approximate surface area is 182 Å². The number of benzene rings is 2. The zero-order chi connectivity index (χ0) is 23.6. The molecular weight excluding hydrogens is 418 g/mol. The summed E-state index contributed by atoms with van der Waals surface area (Å²) in [7, 11) is 0. The topological polar surface area (TPSA) is 142 Å². The number of nitro benzene ring substituents is 1. The Balaban J connectivity index is 1.85. The van der Waals surface area contributed by atoms with Crippen LogP contribution >= 0.6 is 0 Å². The molecule has 32 heavy (non-hydrogen) atoms. The van der Waals surface area contributed by atoms with Crippen molar-refractivity contribution in [1.82, 2.24) is 9.78 Å². The van der Waals surface area contributed by atoms with Crippen molar-refractivity contribution in [2.75, 3.05) is 5.32 Å². The highest BCUT2D eigenvalue weighted by molar-refractivity contribution is 5.91. The van der Waals surface area contributed by atoms with Gasteiger partial charge in [-0.15, -0.1) is 0 Å². The first-order valence-corrected chi connectivity index (χ1v) is 9.57. The van der Waals surface area contributed by atoms with Crippen LogP contribution in [0.15, 0.2) is 36.5 Å². The number of carbonyl (C=O) groups is 1. The summed E-state index contributed by atoms with van der Waals surface area (Å²) in [4.78, 5) is 33.6. The molecule has 1 aromatic heterocycles. The fraction of sp³-hybridized carbons (Fsp3) is 0.238. The molecule has 1 heterocycles. The molecule has 0 saturated heterocycles. The van der Waals surface area contributed by atoms with E-state index in [1.54, 1.807) is 0 Å². The predicted molar refractivity (Wildman–Crippen MR) is 116 cm³/mol. The molecule has 11 nitrogen and oxygen atoms in total. The van der Waals surface area contributed by atoms with Gasteiger partial charge in [0.25, 0.3) is 5.69 Å². The predicted octanol–water partition coefficient (Wildman–Crippen LogP) is 4.36. The van der Waals surface area contributed by atoms with Crippen molar-refractivity contribution in [3.05, 3.63) is 79.1 Å². The van der Waals surface area contributed by atoms with Crippen molar-refractivity contribution in [1.29, 1.82) is 0 Å². The first-order valence-electron chi connectivity index (χ1n) is 9.57. The number of nitrogens with one attached hydrogen (secondary N) is 1. The van der Waals surface area contributed by atoms with Crippen LogP contribution in [-0.2, 0) is 11.3 Å². The lowest BCUT2D eigenvalue weighted by Crippen LogP contribution is -2.20.